The average molecular weight is 407 g/mol. The maximum absolute atomic E-state index is 13.9. The summed E-state index contributed by atoms with van der Waals surface area (Å²) >= 11 is 0. The molecule has 28 heavy (non-hydrogen) atoms. The van der Waals surface area contributed by atoms with Gasteiger partial charge >= 0.3 is 0 Å². The van der Waals surface area contributed by atoms with Gasteiger partial charge in [0.1, 0.15) is 5.82 Å². The Morgan fingerprint density at radius 1 is 1.25 bits per heavy atom. The molecule has 0 bridgehead atoms. The van der Waals surface area contributed by atoms with Crippen molar-refractivity contribution in [3.8, 4) is 0 Å². The standard InChI is InChI=1S/C21H27FN4O.ClH/c1-25-14-17(11-24-25)18-12-23-13-19(18)21(27)26-8-6-15(7-9-26)10-16-4-2-3-5-20(16)22;/h2-5,11,14-15,18-19,23H,6-10,12-13H2,1H3;1H/t18-,19+;/m1./s1. The SMILES string of the molecule is Cl.Cn1cc([C@H]2CNC[C@@H]2C(=O)N2CCC(Cc3ccccc3F)CC2)cn1. The number of carbonyl (C=O) groups is 1. The van der Waals surface area contributed by atoms with Gasteiger partial charge in [-0.1, -0.05) is 18.2 Å². The van der Waals surface area contributed by atoms with E-state index in [2.05, 4.69) is 10.4 Å². The lowest BCUT2D eigenvalue weighted by Crippen LogP contribution is -2.43. The number of piperidine rings is 1. The van der Waals surface area contributed by atoms with E-state index >= 15 is 0 Å². The van der Waals surface area contributed by atoms with Gasteiger partial charge in [0.2, 0.25) is 5.91 Å². The molecular formula is C21H28ClFN4O. The topological polar surface area (TPSA) is 50.2 Å². The quantitative estimate of drug-likeness (QED) is 0.849. The number of nitrogens with one attached hydrogen (secondary N) is 1. The van der Waals surface area contributed by atoms with Gasteiger partial charge in [-0.15, -0.1) is 12.4 Å². The summed E-state index contributed by atoms with van der Waals surface area (Å²) < 4.78 is 15.7. The number of carbonyl (C=O) groups excluding carboxylic acids is 1. The minimum absolute atomic E-state index is 0. The average Bonchev–Trinajstić information content (AvgIpc) is 3.32. The fourth-order valence-electron chi connectivity index (χ4n) is 4.49. The van der Waals surface area contributed by atoms with Crippen LogP contribution < -0.4 is 5.32 Å². The first-order valence-electron chi connectivity index (χ1n) is 9.83. The smallest absolute Gasteiger partial charge is 0.227 e. The molecule has 2 atom stereocenters. The van der Waals surface area contributed by atoms with Crippen molar-refractivity contribution < 1.29 is 9.18 Å². The van der Waals surface area contributed by atoms with Gasteiger partial charge in [-0.2, -0.15) is 5.10 Å². The van der Waals surface area contributed by atoms with Gasteiger partial charge in [-0.05, 0) is 42.4 Å². The van der Waals surface area contributed by atoms with E-state index in [-0.39, 0.29) is 36.0 Å². The van der Waals surface area contributed by atoms with Crippen LogP contribution in [0.2, 0.25) is 0 Å². The molecule has 1 N–H and O–H groups in total. The molecule has 5 nitrogen and oxygen atoms in total. The van der Waals surface area contributed by atoms with Gasteiger partial charge in [-0.25, -0.2) is 4.39 Å². The summed E-state index contributed by atoms with van der Waals surface area (Å²) in [6.07, 6.45) is 6.53. The first kappa shape index (κ1) is 20.8. The van der Waals surface area contributed by atoms with Crippen LogP contribution in [-0.2, 0) is 18.3 Å². The second-order valence-electron chi connectivity index (χ2n) is 7.88. The minimum Gasteiger partial charge on any atom is -0.342 e. The molecule has 2 aromatic rings. The van der Waals surface area contributed by atoms with Crippen LogP contribution in [0.4, 0.5) is 4.39 Å². The molecule has 0 radical (unpaired) electrons. The monoisotopic (exact) mass is 406 g/mol. The van der Waals surface area contributed by atoms with Gasteiger partial charge in [0.15, 0.2) is 0 Å². The van der Waals surface area contributed by atoms with E-state index in [1.54, 1.807) is 10.7 Å². The van der Waals surface area contributed by atoms with Crippen LogP contribution in [0.25, 0.3) is 0 Å². The zero-order valence-electron chi connectivity index (χ0n) is 16.2. The Balaban J connectivity index is 0.00000225. The van der Waals surface area contributed by atoms with Crippen LogP contribution in [0.3, 0.4) is 0 Å². The van der Waals surface area contributed by atoms with Gasteiger partial charge < -0.3 is 10.2 Å². The number of aryl methyl sites for hydroxylation is 1. The van der Waals surface area contributed by atoms with Crippen LogP contribution in [0.15, 0.2) is 36.7 Å². The Labute approximate surface area is 171 Å². The van der Waals surface area contributed by atoms with E-state index < -0.39 is 0 Å². The predicted molar refractivity (Wildman–Crippen MR) is 109 cm³/mol. The number of nitrogens with zero attached hydrogens (tertiary/aromatic N) is 3. The summed E-state index contributed by atoms with van der Waals surface area (Å²) in [4.78, 5) is 15.1. The van der Waals surface area contributed by atoms with Gasteiger partial charge in [0.05, 0.1) is 12.1 Å². The van der Waals surface area contributed by atoms with Crippen LogP contribution in [0.1, 0.15) is 29.9 Å². The number of hydrogen-bond acceptors (Lipinski definition) is 3. The first-order chi connectivity index (χ1) is 13.1. The van der Waals surface area contributed by atoms with E-state index in [1.165, 1.54) is 6.07 Å². The summed E-state index contributed by atoms with van der Waals surface area (Å²) in [7, 11) is 1.91. The van der Waals surface area contributed by atoms with Crippen LogP contribution in [0, 0.1) is 17.7 Å². The number of aromatic nitrogens is 2. The van der Waals surface area contributed by atoms with Gasteiger partial charge in [-0.3, -0.25) is 9.48 Å². The molecule has 2 fully saturated rings. The number of rotatable bonds is 4. The van der Waals surface area contributed by atoms with Crippen molar-refractivity contribution in [2.24, 2.45) is 18.9 Å². The van der Waals surface area contributed by atoms with Crippen LogP contribution >= 0.6 is 12.4 Å². The number of benzene rings is 1. The highest BCUT2D eigenvalue weighted by molar-refractivity contribution is 5.85. The van der Waals surface area contributed by atoms with Crippen molar-refractivity contribution in [2.45, 2.75) is 25.2 Å². The Morgan fingerprint density at radius 2 is 2.00 bits per heavy atom. The second kappa shape index (κ2) is 9.05. The lowest BCUT2D eigenvalue weighted by atomic mass is 9.87. The third kappa shape index (κ3) is 4.39. The Morgan fingerprint density at radius 3 is 2.68 bits per heavy atom. The minimum atomic E-state index is -0.118. The van der Waals surface area contributed by atoms with Gasteiger partial charge in [0.25, 0.3) is 0 Å². The molecule has 2 saturated heterocycles. The van der Waals surface area contributed by atoms with Crippen LogP contribution in [0.5, 0.6) is 0 Å². The molecule has 4 rings (SSSR count). The molecule has 7 heteroatoms. The molecule has 0 aliphatic carbocycles. The molecule has 3 heterocycles. The lowest BCUT2D eigenvalue weighted by molar-refractivity contribution is -0.136. The molecule has 2 aliphatic rings. The Hall–Kier alpha value is -1.92. The predicted octanol–water partition coefficient (Wildman–Crippen LogP) is 2.77. The van der Waals surface area contributed by atoms with Crippen molar-refractivity contribution in [3.63, 3.8) is 0 Å². The van der Waals surface area contributed by atoms with E-state index in [0.29, 0.717) is 5.92 Å². The number of likely N-dealkylation sites (tertiary alicyclic amines) is 1. The van der Waals surface area contributed by atoms with E-state index in [9.17, 15) is 9.18 Å². The van der Waals surface area contributed by atoms with Crippen molar-refractivity contribution in [2.75, 3.05) is 26.2 Å². The van der Waals surface area contributed by atoms with E-state index in [1.807, 2.05) is 36.5 Å². The molecular weight excluding hydrogens is 379 g/mol. The number of halogens is 2. The van der Waals surface area contributed by atoms with Gasteiger partial charge in [0, 0.05) is 45.3 Å². The maximum atomic E-state index is 13.9. The highest BCUT2D eigenvalue weighted by Crippen LogP contribution is 2.31. The summed E-state index contributed by atoms with van der Waals surface area (Å²) in [5.74, 6) is 0.756. The summed E-state index contributed by atoms with van der Waals surface area (Å²) in [6.45, 7) is 3.10. The van der Waals surface area contributed by atoms with E-state index in [0.717, 1.165) is 56.6 Å². The largest absolute Gasteiger partial charge is 0.342 e. The highest BCUT2D eigenvalue weighted by Gasteiger charge is 2.38. The fraction of sp³-hybridized carbons (Fsp3) is 0.524. The van der Waals surface area contributed by atoms with Crippen LogP contribution in [-0.4, -0.2) is 46.8 Å². The van der Waals surface area contributed by atoms with E-state index in [4.69, 9.17) is 0 Å². The number of hydrogen-bond donors (Lipinski definition) is 1. The van der Waals surface area contributed by atoms with Crippen molar-refractivity contribution in [1.29, 1.82) is 0 Å². The lowest BCUT2D eigenvalue weighted by Gasteiger charge is -2.34. The highest BCUT2D eigenvalue weighted by atomic mass is 35.5. The molecule has 1 amide bonds. The fourth-order valence-corrected chi connectivity index (χ4v) is 4.49. The summed E-state index contributed by atoms with van der Waals surface area (Å²) in [5.41, 5.74) is 1.93. The molecule has 0 unspecified atom stereocenters. The third-order valence-corrected chi connectivity index (χ3v) is 6.08. The second-order valence-corrected chi connectivity index (χ2v) is 7.88. The Bertz CT molecular complexity index is 803. The third-order valence-electron chi connectivity index (χ3n) is 6.08. The summed E-state index contributed by atoms with van der Waals surface area (Å²) in [6, 6.07) is 7.02. The number of amides is 1. The molecule has 0 saturated carbocycles. The molecule has 0 spiro atoms. The van der Waals surface area contributed by atoms with Crippen molar-refractivity contribution in [3.05, 3.63) is 53.6 Å². The summed E-state index contributed by atoms with van der Waals surface area (Å²) in [5, 5.41) is 7.63. The molecule has 1 aromatic heterocycles. The molecule has 152 valence electrons. The van der Waals surface area contributed by atoms with Crippen molar-refractivity contribution >= 4 is 18.3 Å². The maximum Gasteiger partial charge on any atom is 0.227 e. The molecule has 2 aliphatic heterocycles. The zero-order valence-corrected chi connectivity index (χ0v) is 17.0. The normalized spacial score (nSPS) is 22.9. The zero-order chi connectivity index (χ0) is 18.8. The first-order valence-corrected chi connectivity index (χ1v) is 9.83. The molecule has 1 aromatic carbocycles. The van der Waals surface area contributed by atoms with Crippen molar-refractivity contribution in [1.82, 2.24) is 20.0 Å². The Kier molecular flexibility index (Phi) is 6.73.